The lowest BCUT2D eigenvalue weighted by Gasteiger charge is -2.14. The number of hydrogen-bond donors (Lipinski definition) is 1. The van der Waals surface area contributed by atoms with Gasteiger partial charge in [0.15, 0.2) is 0 Å². The zero-order valence-electron chi connectivity index (χ0n) is 4.82. The summed E-state index contributed by atoms with van der Waals surface area (Å²) in [6, 6.07) is 0. The van der Waals surface area contributed by atoms with E-state index in [0.717, 1.165) is 0 Å². The molecule has 0 amide bonds. The third-order valence-corrected chi connectivity index (χ3v) is 2.28. The van der Waals surface area contributed by atoms with Crippen molar-refractivity contribution in [1.82, 2.24) is 4.72 Å². The molecule has 0 saturated carbocycles. The van der Waals surface area contributed by atoms with Gasteiger partial charge in [-0.05, 0) is 20.3 Å². The molecule has 1 N–H and O–H groups in total. The molecule has 1 fully saturated rings. The van der Waals surface area contributed by atoms with Crippen molar-refractivity contribution in [3.63, 3.8) is 0 Å². The lowest BCUT2D eigenvalue weighted by atomic mass is 10.1. The number of hydrogen-bond acceptors (Lipinski definition) is 2. The van der Waals surface area contributed by atoms with Crippen molar-refractivity contribution in [3.8, 4) is 0 Å². The summed E-state index contributed by atoms with van der Waals surface area (Å²) < 4.78 is 3.31. The second-order valence-corrected chi connectivity index (χ2v) is 3.49. The summed E-state index contributed by atoms with van der Waals surface area (Å²) in [5, 5.41) is 0. The van der Waals surface area contributed by atoms with Crippen LogP contribution in [0, 0.1) is 0 Å². The van der Waals surface area contributed by atoms with Crippen molar-refractivity contribution >= 4 is 11.9 Å². The van der Waals surface area contributed by atoms with Crippen LogP contribution in [0.5, 0.6) is 0 Å². The minimum Gasteiger partial charge on any atom is -0.259 e. The molecule has 0 aromatic heterocycles. The minimum atomic E-state index is 0.407. The second-order valence-electron chi connectivity index (χ2n) is 2.58. The molecule has 0 aliphatic carbocycles. The van der Waals surface area contributed by atoms with E-state index in [2.05, 4.69) is 18.6 Å². The Balaban J connectivity index is 2.40. The van der Waals surface area contributed by atoms with Crippen LogP contribution >= 0.6 is 11.9 Å². The SMILES string of the molecule is CC1(C)CCSN1. The van der Waals surface area contributed by atoms with Crippen LogP contribution in [0.1, 0.15) is 20.3 Å². The van der Waals surface area contributed by atoms with Gasteiger partial charge in [-0.1, -0.05) is 11.9 Å². The van der Waals surface area contributed by atoms with E-state index in [1.807, 2.05) is 11.9 Å². The minimum absolute atomic E-state index is 0.407. The molecule has 1 aliphatic rings. The summed E-state index contributed by atoms with van der Waals surface area (Å²) in [5.74, 6) is 1.27. The molecule has 0 aromatic rings. The topological polar surface area (TPSA) is 12.0 Å². The second kappa shape index (κ2) is 1.67. The van der Waals surface area contributed by atoms with Gasteiger partial charge in [-0.3, -0.25) is 4.72 Å². The first kappa shape index (κ1) is 5.45. The molecule has 0 radical (unpaired) electrons. The van der Waals surface area contributed by atoms with Crippen LogP contribution in [0.4, 0.5) is 0 Å². The Bertz CT molecular complexity index is 62.5. The van der Waals surface area contributed by atoms with Crippen LogP contribution in [0.25, 0.3) is 0 Å². The predicted octanol–water partition coefficient (Wildman–Crippen LogP) is 1.41. The van der Waals surface area contributed by atoms with Gasteiger partial charge in [-0.2, -0.15) is 0 Å². The van der Waals surface area contributed by atoms with E-state index >= 15 is 0 Å². The van der Waals surface area contributed by atoms with Gasteiger partial charge in [-0.25, -0.2) is 0 Å². The molecule has 0 aromatic carbocycles. The molecule has 42 valence electrons. The van der Waals surface area contributed by atoms with Crippen LogP contribution in [-0.4, -0.2) is 11.3 Å². The highest BCUT2D eigenvalue weighted by atomic mass is 32.2. The monoisotopic (exact) mass is 117 g/mol. The first-order valence-corrected chi connectivity index (χ1v) is 3.58. The van der Waals surface area contributed by atoms with Crippen molar-refractivity contribution in [2.75, 3.05) is 5.75 Å². The fourth-order valence-corrected chi connectivity index (χ4v) is 1.81. The van der Waals surface area contributed by atoms with Crippen molar-refractivity contribution in [2.45, 2.75) is 25.8 Å². The molecule has 1 rings (SSSR count). The maximum absolute atomic E-state index is 3.31. The zero-order chi connectivity index (χ0) is 5.33. The molecule has 0 spiro atoms. The van der Waals surface area contributed by atoms with E-state index in [9.17, 15) is 0 Å². The first-order valence-electron chi connectivity index (χ1n) is 2.60. The average Bonchev–Trinajstić information content (AvgIpc) is 1.84. The lowest BCUT2D eigenvalue weighted by Crippen LogP contribution is -2.27. The van der Waals surface area contributed by atoms with Crippen molar-refractivity contribution < 1.29 is 0 Å². The van der Waals surface area contributed by atoms with E-state index in [4.69, 9.17) is 0 Å². The molecular formula is C5H11NS. The molecule has 1 saturated heterocycles. The van der Waals surface area contributed by atoms with E-state index in [1.54, 1.807) is 0 Å². The van der Waals surface area contributed by atoms with Gasteiger partial charge in [-0.15, -0.1) is 0 Å². The molecule has 0 bridgehead atoms. The normalized spacial score (nSPS) is 28.3. The van der Waals surface area contributed by atoms with Gasteiger partial charge >= 0.3 is 0 Å². The molecule has 0 unspecified atom stereocenters. The smallest absolute Gasteiger partial charge is 0.0235 e. The van der Waals surface area contributed by atoms with Crippen LogP contribution in [0.15, 0.2) is 0 Å². The maximum atomic E-state index is 3.31. The summed E-state index contributed by atoms with van der Waals surface area (Å²) in [6.45, 7) is 4.46. The quantitative estimate of drug-likeness (QED) is 0.481. The van der Waals surface area contributed by atoms with Gasteiger partial charge in [0.25, 0.3) is 0 Å². The van der Waals surface area contributed by atoms with Crippen LogP contribution in [0.2, 0.25) is 0 Å². The van der Waals surface area contributed by atoms with Crippen molar-refractivity contribution in [1.29, 1.82) is 0 Å². The van der Waals surface area contributed by atoms with E-state index < -0.39 is 0 Å². The van der Waals surface area contributed by atoms with Gasteiger partial charge in [0.1, 0.15) is 0 Å². The summed E-state index contributed by atoms with van der Waals surface area (Å²) >= 11 is 1.83. The maximum Gasteiger partial charge on any atom is 0.0235 e. The van der Waals surface area contributed by atoms with E-state index in [-0.39, 0.29) is 0 Å². The van der Waals surface area contributed by atoms with Crippen LogP contribution in [-0.2, 0) is 0 Å². The zero-order valence-corrected chi connectivity index (χ0v) is 5.64. The summed E-state index contributed by atoms with van der Waals surface area (Å²) in [4.78, 5) is 0. The number of nitrogens with one attached hydrogen (secondary N) is 1. The average molecular weight is 117 g/mol. The molecule has 1 nitrogen and oxygen atoms in total. The molecule has 0 atom stereocenters. The fourth-order valence-electron chi connectivity index (χ4n) is 0.604. The summed E-state index contributed by atoms with van der Waals surface area (Å²) in [5.41, 5.74) is 0.407. The van der Waals surface area contributed by atoms with Gasteiger partial charge in [0.05, 0.1) is 0 Å². The van der Waals surface area contributed by atoms with Gasteiger partial charge in [0, 0.05) is 11.3 Å². The Morgan fingerprint density at radius 1 is 1.57 bits per heavy atom. The third-order valence-electron chi connectivity index (χ3n) is 1.18. The molecule has 1 aliphatic heterocycles. The Hall–Kier alpha value is 0.310. The molecular weight excluding hydrogens is 106 g/mol. The largest absolute Gasteiger partial charge is 0.259 e. The highest BCUT2D eigenvalue weighted by Gasteiger charge is 2.21. The van der Waals surface area contributed by atoms with Crippen molar-refractivity contribution in [2.24, 2.45) is 0 Å². The van der Waals surface area contributed by atoms with E-state index in [1.165, 1.54) is 12.2 Å². The van der Waals surface area contributed by atoms with Crippen LogP contribution < -0.4 is 4.72 Å². The first-order chi connectivity index (χ1) is 3.21. The van der Waals surface area contributed by atoms with Crippen molar-refractivity contribution in [3.05, 3.63) is 0 Å². The summed E-state index contributed by atoms with van der Waals surface area (Å²) in [6.07, 6.45) is 1.30. The Morgan fingerprint density at radius 2 is 2.29 bits per heavy atom. The lowest BCUT2D eigenvalue weighted by molar-refractivity contribution is 0.492. The standard InChI is InChI=1S/C5H11NS/c1-5(2)3-4-7-6-5/h6H,3-4H2,1-2H3. The van der Waals surface area contributed by atoms with Crippen LogP contribution in [0.3, 0.4) is 0 Å². The molecule has 2 heteroatoms. The highest BCUT2D eigenvalue weighted by Crippen LogP contribution is 2.21. The fraction of sp³-hybridized carbons (Fsp3) is 1.00. The Morgan fingerprint density at radius 3 is 2.43 bits per heavy atom. The highest BCUT2D eigenvalue weighted by molar-refractivity contribution is 7.97. The van der Waals surface area contributed by atoms with Gasteiger partial charge in [0.2, 0.25) is 0 Å². The molecule has 1 heterocycles. The third kappa shape index (κ3) is 1.35. The van der Waals surface area contributed by atoms with E-state index in [0.29, 0.717) is 5.54 Å². The van der Waals surface area contributed by atoms with Gasteiger partial charge < -0.3 is 0 Å². The summed E-state index contributed by atoms with van der Waals surface area (Å²) in [7, 11) is 0. The Kier molecular flexibility index (Phi) is 1.30. The Labute approximate surface area is 49.0 Å². The molecule has 7 heavy (non-hydrogen) atoms. The number of rotatable bonds is 0. The predicted molar refractivity (Wildman–Crippen MR) is 34.3 cm³/mol.